The van der Waals surface area contributed by atoms with Crippen molar-refractivity contribution in [3.05, 3.63) is 122 Å². The monoisotopic (exact) mass is 1470 g/mol. The number of esters is 4. The second kappa shape index (κ2) is 74.7. The Balaban J connectivity index is 5.45. The van der Waals surface area contributed by atoms with E-state index in [1.807, 2.05) is 12.2 Å². The number of ether oxygens (including phenoxy) is 4. The summed E-state index contributed by atoms with van der Waals surface area (Å²) in [6, 6.07) is 0. The van der Waals surface area contributed by atoms with Gasteiger partial charge in [0.2, 0.25) is 0 Å². The molecule has 0 aromatic heterocycles. The number of hydrogen-bond acceptors (Lipinski definition) is 15. The number of rotatable bonds is 74. The molecule has 0 fully saturated rings. The Hall–Kier alpha value is -4.54. The SMILES string of the molecule is CCCCC/C=C\C/C=C\C/C=C\C/C=C\CCCC(=O)OC[C@H](COP(=O)(O)OC[C@@H](O)COP(=O)(O)OC[C@@H](COC(=O)CCCCCCC/C=C\C/C=C\CCCCC)OC(=O)CCCCCCC/C=C\C=C/CCCCCC)OC(=O)CCCCCCC/C=C\C/C=C\CCCCC. The van der Waals surface area contributed by atoms with Crippen LogP contribution in [-0.4, -0.2) is 96.7 Å². The molecule has 19 heteroatoms. The summed E-state index contributed by atoms with van der Waals surface area (Å²) in [5.41, 5.74) is 0. The molecule has 0 aliphatic carbocycles. The smallest absolute Gasteiger partial charge is 0.462 e. The van der Waals surface area contributed by atoms with Crippen molar-refractivity contribution in [2.45, 2.75) is 341 Å². The van der Waals surface area contributed by atoms with E-state index < -0.39 is 97.5 Å². The quantitative estimate of drug-likeness (QED) is 0.0128. The maximum Gasteiger partial charge on any atom is 0.472 e. The number of hydrogen-bond donors (Lipinski definition) is 3. The second-order valence-corrected chi connectivity index (χ2v) is 29.2. The molecule has 2 unspecified atom stereocenters. The molecule has 0 rings (SSSR count). The molecule has 0 aliphatic rings. The zero-order valence-corrected chi connectivity index (χ0v) is 65.8. The van der Waals surface area contributed by atoms with Crippen LogP contribution in [0.1, 0.15) is 323 Å². The van der Waals surface area contributed by atoms with Crippen LogP contribution in [0.15, 0.2) is 122 Å². The van der Waals surface area contributed by atoms with Crippen LogP contribution in [0.25, 0.3) is 0 Å². The Morgan fingerprint density at radius 2 is 0.520 bits per heavy atom. The molecule has 17 nitrogen and oxygen atoms in total. The van der Waals surface area contributed by atoms with Gasteiger partial charge in [-0.2, -0.15) is 0 Å². The first-order valence-electron chi connectivity index (χ1n) is 39.8. The lowest BCUT2D eigenvalue weighted by Gasteiger charge is -2.21. The van der Waals surface area contributed by atoms with Gasteiger partial charge in [-0.15, -0.1) is 0 Å². The summed E-state index contributed by atoms with van der Waals surface area (Å²) in [7, 11) is -9.99. The number of unbranched alkanes of at least 4 members (excludes halogenated alkanes) is 29. The van der Waals surface area contributed by atoms with Gasteiger partial charge in [-0.3, -0.25) is 37.3 Å². The summed E-state index contributed by atoms with van der Waals surface area (Å²) < 4.78 is 68.5. The first-order chi connectivity index (χ1) is 49.7. The van der Waals surface area contributed by atoms with Crippen LogP contribution in [-0.2, 0) is 65.4 Å². The van der Waals surface area contributed by atoms with Crippen LogP contribution in [0.5, 0.6) is 0 Å². The standard InChI is InChI=1S/C83H142O17P2/c1-5-9-13-17-21-25-29-33-37-38-42-44-48-52-56-60-64-68-81(86)94-74-79(100-83(88)70-66-62-58-54-50-46-41-36-32-28-24-20-16-12-8-4)76-98-102(91,92)96-72-77(84)71-95-101(89,90)97-75-78(99-82(87)69-65-61-57-53-49-45-40-35-31-27-23-19-15-11-7-3)73-93-80(85)67-63-59-55-51-47-43-39-34-30-26-22-18-14-10-6-2/h21-22,24-28,31,33-37,39-42,44,52,56,77-79,84H,5-20,23,29-30,32,38,43,45-51,53-55,57-76H2,1-4H3,(H,89,90)(H,91,92)/b25-21-,26-22-,28-24-,31-27-,37-33-,39-34-,40-35-,41-36-,44-42-,56-52-/t77-,78+,79+/m0/s1. The molecular formula is C83H142O17P2. The lowest BCUT2D eigenvalue weighted by molar-refractivity contribution is -0.161. The molecule has 0 spiro atoms. The normalized spacial score (nSPS) is 14.5. The van der Waals surface area contributed by atoms with Crippen molar-refractivity contribution in [2.75, 3.05) is 39.6 Å². The number of aliphatic hydroxyl groups is 1. The van der Waals surface area contributed by atoms with Gasteiger partial charge in [0.25, 0.3) is 0 Å². The van der Waals surface area contributed by atoms with E-state index in [-0.39, 0.29) is 25.7 Å². The Labute approximate surface area is 619 Å². The Morgan fingerprint density at radius 3 is 0.853 bits per heavy atom. The molecule has 0 aliphatic heterocycles. The Kier molecular flexibility index (Phi) is 71.4. The first-order valence-corrected chi connectivity index (χ1v) is 42.8. The topological polar surface area (TPSA) is 237 Å². The average Bonchev–Trinajstić information content (AvgIpc) is 0.923. The number of phosphoric acid groups is 2. The van der Waals surface area contributed by atoms with Crippen molar-refractivity contribution in [1.82, 2.24) is 0 Å². The lowest BCUT2D eigenvalue weighted by Crippen LogP contribution is -2.30. The highest BCUT2D eigenvalue weighted by atomic mass is 31.2. The lowest BCUT2D eigenvalue weighted by atomic mass is 10.1. The molecular weight excluding hydrogens is 1330 g/mol. The maximum atomic E-state index is 13.1. The fraction of sp³-hybridized carbons (Fsp3) is 0.711. The molecule has 0 aromatic rings. The van der Waals surface area contributed by atoms with Crippen LogP contribution in [0.4, 0.5) is 0 Å². The third kappa shape index (κ3) is 73.8. The number of allylic oxidation sites excluding steroid dienone is 20. The molecule has 586 valence electrons. The van der Waals surface area contributed by atoms with E-state index in [9.17, 15) is 43.2 Å². The number of carbonyl (C=O) groups is 4. The van der Waals surface area contributed by atoms with Crippen LogP contribution in [0.3, 0.4) is 0 Å². The van der Waals surface area contributed by atoms with Gasteiger partial charge in [-0.05, 0) is 154 Å². The average molecular weight is 1470 g/mol. The van der Waals surface area contributed by atoms with Gasteiger partial charge in [0.15, 0.2) is 12.2 Å². The number of aliphatic hydroxyl groups excluding tert-OH is 1. The van der Waals surface area contributed by atoms with Crippen molar-refractivity contribution >= 4 is 39.5 Å². The highest BCUT2D eigenvalue weighted by Crippen LogP contribution is 2.45. The van der Waals surface area contributed by atoms with Crippen LogP contribution in [0, 0.1) is 0 Å². The molecule has 3 N–H and O–H groups in total. The Bertz CT molecular complexity index is 2410. The fourth-order valence-corrected chi connectivity index (χ4v) is 11.8. The predicted molar refractivity (Wildman–Crippen MR) is 418 cm³/mol. The summed E-state index contributed by atoms with van der Waals surface area (Å²) in [4.78, 5) is 73.0. The van der Waals surface area contributed by atoms with Crippen molar-refractivity contribution in [2.24, 2.45) is 0 Å². The predicted octanol–water partition coefficient (Wildman–Crippen LogP) is 23.1. The van der Waals surface area contributed by atoms with E-state index >= 15 is 0 Å². The molecule has 0 saturated heterocycles. The van der Waals surface area contributed by atoms with Gasteiger partial charge in [-0.1, -0.05) is 265 Å². The minimum absolute atomic E-state index is 0.0648. The third-order valence-corrected chi connectivity index (χ3v) is 18.3. The molecule has 0 bridgehead atoms. The molecule has 0 heterocycles. The van der Waals surface area contributed by atoms with Crippen molar-refractivity contribution < 1.29 is 80.2 Å². The van der Waals surface area contributed by atoms with E-state index in [0.717, 1.165) is 154 Å². The van der Waals surface area contributed by atoms with Gasteiger partial charge < -0.3 is 33.8 Å². The number of phosphoric ester groups is 2. The van der Waals surface area contributed by atoms with Crippen LogP contribution in [0.2, 0.25) is 0 Å². The zero-order valence-electron chi connectivity index (χ0n) is 64.0. The van der Waals surface area contributed by atoms with E-state index in [4.69, 9.17) is 37.0 Å². The zero-order chi connectivity index (χ0) is 74.6. The third-order valence-electron chi connectivity index (χ3n) is 16.4. The maximum absolute atomic E-state index is 13.1. The highest BCUT2D eigenvalue weighted by Gasteiger charge is 2.30. The minimum Gasteiger partial charge on any atom is -0.462 e. The van der Waals surface area contributed by atoms with E-state index in [2.05, 4.69) is 137 Å². The first kappa shape index (κ1) is 97.5. The van der Waals surface area contributed by atoms with Crippen LogP contribution >= 0.6 is 15.6 Å². The highest BCUT2D eigenvalue weighted by molar-refractivity contribution is 7.47. The fourth-order valence-electron chi connectivity index (χ4n) is 10.3. The largest absolute Gasteiger partial charge is 0.472 e. The minimum atomic E-state index is -5.00. The molecule has 102 heavy (non-hydrogen) atoms. The van der Waals surface area contributed by atoms with Crippen molar-refractivity contribution in [1.29, 1.82) is 0 Å². The van der Waals surface area contributed by atoms with Gasteiger partial charge in [-0.25, -0.2) is 9.13 Å². The van der Waals surface area contributed by atoms with E-state index in [1.165, 1.54) is 83.5 Å². The number of carbonyl (C=O) groups excluding carboxylic acids is 4. The second-order valence-electron chi connectivity index (χ2n) is 26.3. The van der Waals surface area contributed by atoms with Gasteiger partial charge in [0.05, 0.1) is 26.4 Å². The van der Waals surface area contributed by atoms with Crippen LogP contribution < -0.4 is 0 Å². The summed E-state index contributed by atoms with van der Waals surface area (Å²) in [5.74, 6) is -2.28. The summed E-state index contributed by atoms with van der Waals surface area (Å²) in [6.45, 7) is 4.68. The molecule has 5 atom stereocenters. The van der Waals surface area contributed by atoms with Gasteiger partial charge in [0, 0.05) is 25.7 Å². The van der Waals surface area contributed by atoms with Gasteiger partial charge in [0.1, 0.15) is 19.3 Å². The molecule has 0 amide bonds. The molecule has 0 aromatic carbocycles. The molecule has 0 radical (unpaired) electrons. The van der Waals surface area contributed by atoms with Crippen molar-refractivity contribution in [3.8, 4) is 0 Å². The summed E-state index contributed by atoms with van der Waals surface area (Å²) in [5, 5.41) is 10.6. The summed E-state index contributed by atoms with van der Waals surface area (Å²) in [6.07, 6.45) is 81.8. The van der Waals surface area contributed by atoms with Gasteiger partial charge >= 0.3 is 39.5 Å². The molecule has 0 saturated carbocycles. The Morgan fingerprint density at radius 1 is 0.284 bits per heavy atom. The van der Waals surface area contributed by atoms with E-state index in [1.54, 1.807) is 0 Å². The summed E-state index contributed by atoms with van der Waals surface area (Å²) >= 11 is 0. The van der Waals surface area contributed by atoms with E-state index in [0.29, 0.717) is 32.1 Å². The van der Waals surface area contributed by atoms with Crippen molar-refractivity contribution in [3.63, 3.8) is 0 Å².